The zero-order chi connectivity index (χ0) is 14.1. The van der Waals surface area contributed by atoms with E-state index in [0.717, 1.165) is 39.8 Å². The minimum Gasteiger partial charge on any atom is -0.411 e. The highest BCUT2D eigenvalue weighted by molar-refractivity contribution is 9.10. The van der Waals surface area contributed by atoms with Crippen LogP contribution in [0.2, 0.25) is 0 Å². The van der Waals surface area contributed by atoms with Crippen LogP contribution in [-0.4, -0.2) is 21.1 Å². The first kappa shape index (κ1) is 13.2. The smallest absolute Gasteiger partial charge is 0.0936 e. The molecule has 1 atom stereocenters. The molecule has 1 aliphatic carbocycles. The zero-order valence-corrected chi connectivity index (χ0v) is 12.6. The van der Waals surface area contributed by atoms with Gasteiger partial charge in [0.15, 0.2) is 0 Å². The van der Waals surface area contributed by atoms with E-state index in [-0.39, 0.29) is 0 Å². The highest BCUT2D eigenvalue weighted by Crippen LogP contribution is 2.27. The number of rotatable bonds is 1. The molecule has 0 fully saturated rings. The molecule has 1 heterocycles. The van der Waals surface area contributed by atoms with Gasteiger partial charge < -0.3 is 5.21 Å². The highest BCUT2D eigenvalue weighted by atomic mass is 79.9. The second-order valence-electron chi connectivity index (χ2n) is 5.16. The number of benzene rings is 1. The average molecular weight is 332 g/mol. The number of nitrogens with zero attached hydrogens (tertiary/aromatic N) is 3. The fraction of sp³-hybridized carbons (Fsp3) is 0.267. The summed E-state index contributed by atoms with van der Waals surface area (Å²) in [5.74, 6) is 0.432. The lowest BCUT2D eigenvalue weighted by Crippen LogP contribution is -2.21. The molecular formula is C15H14BrN3O. The number of hydrogen-bond donors (Lipinski definition) is 1. The predicted octanol–water partition coefficient (Wildman–Crippen LogP) is 3.67. The lowest BCUT2D eigenvalue weighted by molar-refractivity contribution is 0.316. The molecule has 1 aliphatic rings. The quantitative estimate of drug-likeness (QED) is 0.640. The van der Waals surface area contributed by atoms with Crippen molar-refractivity contribution < 1.29 is 5.21 Å². The Morgan fingerprint density at radius 1 is 1.20 bits per heavy atom. The fourth-order valence-corrected chi connectivity index (χ4v) is 2.78. The van der Waals surface area contributed by atoms with Crippen LogP contribution in [0.25, 0.3) is 11.3 Å². The first-order valence-corrected chi connectivity index (χ1v) is 7.30. The van der Waals surface area contributed by atoms with Crippen molar-refractivity contribution in [1.29, 1.82) is 0 Å². The molecule has 3 rings (SSSR count). The van der Waals surface area contributed by atoms with E-state index in [9.17, 15) is 5.21 Å². The number of oxime groups is 1. The molecule has 1 aromatic heterocycles. The summed E-state index contributed by atoms with van der Waals surface area (Å²) in [4.78, 5) is 0. The van der Waals surface area contributed by atoms with Crippen molar-refractivity contribution >= 4 is 21.6 Å². The number of fused-ring (bicyclic) bond motifs is 1. The van der Waals surface area contributed by atoms with E-state index in [4.69, 9.17) is 0 Å². The molecule has 0 bridgehead atoms. The first-order chi connectivity index (χ1) is 9.67. The summed E-state index contributed by atoms with van der Waals surface area (Å²) in [6.45, 7) is 2.12. The van der Waals surface area contributed by atoms with Gasteiger partial charge in [-0.2, -0.15) is 10.2 Å². The Hall–Kier alpha value is -1.75. The molecule has 20 heavy (non-hydrogen) atoms. The molecule has 5 heteroatoms. The van der Waals surface area contributed by atoms with Crippen molar-refractivity contribution in [3.8, 4) is 11.3 Å². The van der Waals surface area contributed by atoms with Gasteiger partial charge in [-0.15, -0.1) is 0 Å². The van der Waals surface area contributed by atoms with Crippen LogP contribution in [0.15, 0.2) is 40.0 Å². The standard InChI is InChI=1S/C15H14BrN3O/c1-9-6-14-12(15(7-9)19-20)8-13(17-18-14)10-2-4-11(16)5-3-10/h2-5,8-9,20H,6-7H2,1H3/b19-15-/t9-/m0/s1. The maximum atomic E-state index is 9.19. The molecule has 0 saturated heterocycles. The molecule has 4 nitrogen and oxygen atoms in total. The summed E-state index contributed by atoms with van der Waals surface area (Å²) < 4.78 is 1.03. The van der Waals surface area contributed by atoms with Gasteiger partial charge in [-0.05, 0) is 37.0 Å². The number of hydrogen-bond acceptors (Lipinski definition) is 4. The van der Waals surface area contributed by atoms with Crippen LogP contribution >= 0.6 is 15.9 Å². The van der Waals surface area contributed by atoms with Crippen LogP contribution in [0, 0.1) is 5.92 Å². The van der Waals surface area contributed by atoms with Crippen LogP contribution in [0.1, 0.15) is 24.6 Å². The van der Waals surface area contributed by atoms with Crippen molar-refractivity contribution in [3.05, 3.63) is 46.1 Å². The predicted molar refractivity (Wildman–Crippen MR) is 81.0 cm³/mol. The molecule has 0 aliphatic heterocycles. The Bertz CT molecular complexity index is 667. The zero-order valence-electron chi connectivity index (χ0n) is 11.0. The van der Waals surface area contributed by atoms with Crippen LogP contribution < -0.4 is 0 Å². The second kappa shape index (κ2) is 5.32. The normalized spacial score (nSPS) is 19.9. The van der Waals surface area contributed by atoms with Crippen LogP contribution in [0.3, 0.4) is 0 Å². The molecule has 1 aromatic carbocycles. The highest BCUT2D eigenvalue weighted by Gasteiger charge is 2.23. The Kier molecular flexibility index (Phi) is 3.53. The largest absolute Gasteiger partial charge is 0.411 e. The molecule has 1 N–H and O–H groups in total. The van der Waals surface area contributed by atoms with Crippen LogP contribution in [0.5, 0.6) is 0 Å². The average Bonchev–Trinajstić information content (AvgIpc) is 2.46. The third-order valence-electron chi connectivity index (χ3n) is 3.53. The van der Waals surface area contributed by atoms with Gasteiger partial charge in [0.2, 0.25) is 0 Å². The molecule has 0 radical (unpaired) electrons. The van der Waals surface area contributed by atoms with Gasteiger partial charge in [0.25, 0.3) is 0 Å². The number of halogens is 1. The fourth-order valence-electron chi connectivity index (χ4n) is 2.52. The van der Waals surface area contributed by atoms with Crippen molar-refractivity contribution in [2.24, 2.45) is 11.1 Å². The molecular weight excluding hydrogens is 318 g/mol. The topological polar surface area (TPSA) is 58.4 Å². The summed E-state index contributed by atoms with van der Waals surface area (Å²) >= 11 is 3.42. The minimum absolute atomic E-state index is 0.432. The van der Waals surface area contributed by atoms with E-state index < -0.39 is 0 Å². The molecule has 0 spiro atoms. The summed E-state index contributed by atoms with van der Waals surface area (Å²) in [7, 11) is 0. The molecule has 0 saturated carbocycles. The van der Waals surface area contributed by atoms with E-state index in [1.165, 1.54) is 0 Å². The van der Waals surface area contributed by atoms with Gasteiger partial charge in [-0.3, -0.25) is 0 Å². The maximum absolute atomic E-state index is 9.19. The van der Waals surface area contributed by atoms with E-state index in [0.29, 0.717) is 11.6 Å². The Labute approximate surface area is 125 Å². The minimum atomic E-state index is 0.432. The summed E-state index contributed by atoms with van der Waals surface area (Å²) in [6, 6.07) is 9.88. The lowest BCUT2D eigenvalue weighted by Gasteiger charge is -2.21. The molecule has 102 valence electrons. The third kappa shape index (κ3) is 2.45. The summed E-state index contributed by atoms with van der Waals surface area (Å²) in [5, 5.41) is 21.2. The summed E-state index contributed by atoms with van der Waals surface area (Å²) in [5.41, 5.74) is 4.33. The Morgan fingerprint density at radius 3 is 2.65 bits per heavy atom. The van der Waals surface area contributed by atoms with E-state index in [1.807, 2.05) is 30.3 Å². The van der Waals surface area contributed by atoms with Crippen LogP contribution in [0.4, 0.5) is 0 Å². The molecule has 0 unspecified atom stereocenters. The van der Waals surface area contributed by atoms with Crippen molar-refractivity contribution in [1.82, 2.24) is 10.2 Å². The van der Waals surface area contributed by atoms with Gasteiger partial charge in [0.05, 0.1) is 17.1 Å². The lowest BCUT2D eigenvalue weighted by atomic mass is 9.86. The maximum Gasteiger partial charge on any atom is 0.0936 e. The van der Waals surface area contributed by atoms with Gasteiger partial charge in [-0.1, -0.05) is 40.1 Å². The summed E-state index contributed by atoms with van der Waals surface area (Å²) in [6.07, 6.45) is 1.65. The Morgan fingerprint density at radius 2 is 1.95 bits per heavy atom. The number of aromatic nitrogens is 2. The van der Waals surface area contributed by atoms with Crippen molar-refractivity contribution in [2.75, 3.05) is 0 Å². The van der Waals surface area contributed by atoms with Gasteiger partial charge in [0, 0.05) is 15.6 Å². The molecule has 2 aromatic rings. The monoisotopic (exact) mass is 331 g/mol. The third-order valence-corrected chi connectivity index (χ3v) is 4.05. The SMILES string of the molecule is C[C@@H]1C/C(=N/O)c2cc(-c3ccc(Br)cc3)nnc2C1. The van der Waals surface area contributed by atoms with E-state index in [1.54, 1.807) is 0 Å². The van der Waals surface area contributed by atoms with Gasteiger partial charge in [-0.25, -0.2) is 0 Å². The van der Waals surface area contributed by atoms with Gasteiger partial charge in [0.1, 0.15) is 0 Å². The molecule has 0 amide bonds. The first-order valence-electron chi connectivity index (χ1n) is 6.51. The van der Waals surface area contributed by atoms with Crippen LogP contribution in [-0.2, 0) is 6.42 Å². The van der Waals surface area contributed by atoms with Crippen molar-refractivity contribution in [3.63, 3.8) is 0 Å². The van der Waals surface area contributed by atoms with E-state index in [2.05, 4.69) is 38.2 Å². The Balaban J connectivity index is 2.06. The van der Waals surface area contributed by atoms with Gasteiger partial charge >= 0.3 is 0 Å². The van der Waals surface area contributed by atoms with Crippen molar-refractivity contribution in [2.45, 2.75) is 19.8 Å². The second-order valence-corrected chi connectivity index (χ2v) is 6.07. The van der Waals surface area contributed by atoms with E-state index >= 15 is 0 Å².